The van der Waals surface area contributed by atoms with Crippen molar-refractivity contribution in [1.82, 2.24) is 9.88 Å². The average Bonchev–Trinajstić information content (AvgIpc) is 3.53. The van der Waals surface area contributed by atoms with Crippen LogP contribution in [-0.4, -0.2) is 44.2 Å². The van der Waals surface area contributed by atoms with Crippen LogP contribution in [0.1, 0.15) is 33.1 Å². The van der Waals surface area contributed by atoms with Crippen molar-refractivity contribution < 1.29 is 14.5 Å². The fourth-order valence-electron chi connectivity index (χ4n) is 6.05. The van der Waals surface area contributed by atoms with Crippen LogP contribution in [0.15, 0.2) is 66.9 Å². The Morgan fingerprint density at radius 2 is 2.00 bits per heavy atom. The average molecular weight is 487 g/mol. The summed E-state index contributed by atoms with van der Waals surface area (Å²) >= 11 is 1.73. The fourth-order valence-corrected chi connectivity index (χ4v) is 7.37. The number of nitro benzene ring substituents is 1. The molecule has 4 heterocycles. The van der Waals surface area contributed by atoms with Crippen LogP contribution >= 0.6 is 11.8 Å². The third kappa shape index (κ3) is 3.08. The Labute approximate surface area is 205 Å². The standard InChI is InChI=1S/C26H22N4O4S/c1-15-5-10-19-18(12-15)26(25(32)28-19)23(24(31)20-4-2-3-11-27-20)22(21-13-35-14-29(21)26)16-6-8-17(9-7-16)30(33)34/h2-12,21-23H,13-14H2,1H3,(H,28,32)/t21-,22-,23+,26-/m1/s1. The molecule has 0 saturated carbocycles. The molecule has 6 rings (SSSR count). The van der Waals surface area contributed by atoms with E-state index >= 15 is 0 Å². The molecule has 35 heavy (non-hydrogen) atoms. The summed E-state index contributed by atoms with van der Waals surface area (Å²) < 4.78 is 0. The first-order valence-electron chi connectivity index (χ1n) is 11.4. The number of benzene rings is 2. The molecule has 0 bridgehead atoms. The van der Waals surface area contributed by atoms with Gasteiger partial charge >= 0.3 is 0 Å². The summed E-state index contributed by atoms with van der Waals surface area (Å²) in [6.07, 6.45) is 1.58. The number of rotatable bonds is 4. The maximum atomic E-state index is 14.3. The zero-order valence-electron chi connectivity index (χ0n) is 18.9. The summed E-state index contributed by atoms with van der Waals surface area (Å²) in [5.41, 5.74) is 2.47. The van der Waals surface area contributed by atoms with E-state index in [0.717, 1.165) is 28.1 Å². The number of ketones is 1. The molecule has 1 aromatic heterocycles. The van der Waals surface area contributed by atoms with E-state index in [-0.39, 0.29) is 29.3 Å². The molecular formula is C26H22N4O4S. The number of nitrogens with one attached hydrogen (secondary N) is 1. The van der Waals surface area contributed by atoms with E-state index in [2.05, 4.69) is 15.2 Å². The first-order chi connectivity index (χ1) is 16.9. The summed E-state index contributed by atoms with van der Waals surface area (Å²) in [5.74, 6) is -0.113. The number of amides is 1. The lowest BCUT2D eigenvalue weighted by molar-refractivity contribution is -0.384. The van der Waals surface area contributed by atoms with Crippen molar-refractivity contribution in [2.24, 2.45) is 5.92 Å². The van der Waals surface area contributed by atoms with Gasteiger partial charge in [-0.1, -0.05) is 35.9 Å². The van der Waals surface area contributed by atoms with Gasteiger partial charge in [0.25, 0.3) is 5.69 Å². The SMILES string of the molecule is Cc1ccc2c(c1)[C@]1(C(=O)N2)[C@H](C(=O)c2ccccn2)[C@H](c2ccc([N+](=O)[O-])cc2)[C@H]2CSCN21. The van der Waals surface area contributed by atoms with Crippen LogP contribution in [0.2, 0.25) is 0 Å². The molecular weight excluding hydrogens is 464 g/mol. The minimum atomic E-state index is -1.18. The first-order valence-corrected chi connectivity index (χ1v) is 12.5. The predicted molar refractivity (Wildman–Crippen MR) is 132 cm³/mol. The van der Waals surface area contributed by atoms with Crippen molar-refractivity contribution in [2.45, 2.75) is 24.4 Å². The van der Waals surface area contributed by atoms with Crippen LogP contribution < -0.4 is 5.32 Å². The number of hydrogen-bond donors (Lipinski definition) is 1. The molecule has 1 amide bonds. The molecule has 8 nitrogen and oxygen atoms in total. The first kappa shape index (κ1) is 21.9. The molecule has 0 unspecified atom stereocenters. The monoisotopic (exact) mass is 486 g/mol. The number of anilines is 1. The van der Waals surface area contributed by atoms with Crippen molar-refractivity contribution in [1.29, 1.82) is 0 Å². The number of carbonyl (C=O) groups is 2. The summed E-state index contributed by atoms with van der Waals surface area (Å²) in [7, 11) is 0. The normalized spacial score (nSPS) is 27.0. The van der Waals surface area contributed by atoms with Gasteiger partial charge in [-0.2, -0.15) is 0 Å². The maximum Gasteiger partial charge on any atom is 0.269 e. The van der Waals surface area contributed by atoms with E-state index in [4.69, 9.17) is 0 Å². The highest BCUT2D eigenvalue weighted by Crippen LogP contribution is 2.61. The number of nitro groups is 1. The lowest BCUT2D eigenvalue weighted by Gasteiger charge is -2.36. The Kier molecular flexibility index (Phi) is 5.01. The molecule has 0 radical (unpaired) electrons. The molecule has 9 heteroatoms. The van der Waals surface area contributed by atoms with Crippen LogP contribution in [0, 0.1) is 23.0 Å². The van der Waals surface area contributed by atoms with Gasteiger partial charge in [-0.05, 0) is 30.7 Å². The van der Waals surface area contributed by atoms with E-state index < -0.39 is 16.4 Å². The number of fused-ring (bicyclic) bond motifs is 4. The lowest BCUT2D eigenvalue weighted by atomic mass is 9.70. The second kappa shape index (κ2) is 8.00. The molecule has 3 aliphatic rings. The third-order valence-electron chi connectivity index (χ3n) is 7.46. The number of hydrogen-bond acceptors (Lipinski definition) is 7. The van der Waals surface area contributed by atoms with Gasteiger partial charge in [0.15, 0.2) is 5.78 Å². The van der Waals surface area contributed by atoms with Crippen LogP contribution in [-0.2, 0) is 10.3 Å². The Bertz CT molecular complexity index is 1360. The smallest absolute Gasteiger partial charge is 0.269 e. The van der Waals surface area contributed by atoms with Crippen molar-refractivity contribution in [3.63, 3.8) is 0 Å². The van der Waals surface area contributed by atoms with Crippen LogP contribution in [0.25, 0.3) is 0 Å². The van der Waals surface area contributed by atoms with E-state index in [1.165, 1.54) is 12.1 Å². The molecule has 1 N–H and O–H groups in total. The van der Waals surface area contributed by atoms with Gasteiger partial charge in [0.2, 0.25) is 5.91 Å². The minimum absolute atomic E-state index is 0.00806. The molecule has 3 aliphatic heterocycles. The van der Waals surface area contributed by atoms with Gasteiger partial charge in [-0.3, -0.25) is 29.6 Å². The summed E-state index contributed by atoms with van der Waals surface area (Å²) in [6.45, 7) is 1.98. The van der Waals surface area contributed by atoms with Crippen molar-refractivity contribution in [3.05, 3.63) is 99.4 Å². The second-order valence-corrected chi connectivity index (χ2v) is 10.2. The number of aromatic nitrogens is 1. The zero-order chi connectivity index (χ0) is 24.3. The van der Waals surface area contributed by atoms with Gasteiger partial charge in [0.05, 0.1) is 10.8 Å². The molecule has 2 aromatic carbocycles. The summed E-state index contributed by atoms with van der Waals surface area (Å²) in [5, 5.41) is 14.3. The van der Waals surface area contributed by atoms with E-state index in [1.54, 1.807) is 48.3 Å². The van der Waals surface area contributed by atoms with Crippen molar-refractivity contribution in [2.75, 3.05) is 16.9 Å². The molecule has 3 aromatic rings. The minimum Gasteiger partial charge on any atom is -0.324 e. The Balaban J connectivity index is 1.60. The predicted octanol–water partition coefficient (Wildman–Crippen LogP) is 4.12. The Morgan fingerprint density at radius 1 is 1.20 bits per heavy atom. The molecule has 176 valence electrons. The Hall–Kier alpha value is -3.56. The van der Waals surface area contributed by atoms with E-state index in [1.807, 2.05) is 25.1 Å². The fraction of sp³-hybridized carbons (Fsp3) is 0.269. The molecule has 1 spiro atoms. The summed E-state index contributed by atoms with van der Waals surface area (Å²) in [4.78, 5) is 45.6. The third-order valence-corrected chi connectivity index (χ3v) is 8.50. The largest absolute Gasteiger partial charge is 0.324 e. The highest BCUT2D eigenvalue weighted by atomic mass is 32.2. The number of aryl methyl sites for hydroxylation is 1. The van der Waals surface area contributed by atoms with Gasteiger partial charge in [0, 0.05) is 53.2 Å². The summed E-state index contributed by atoms with van der Waals surface area (Å²) in [6, 6.07) is 17.4. The number of pyridine rings is 1. The maximum absolute atomic E-state index is 14.3. The lowest BCUT2D eigenvalue weighted by Crippen LogP contribution is -2.52. The Morgan fingerprint density at radius 3 is 2.71 bits per heavy atom. The second-order valence-electron chi connectivity index (χ2n) is 9.24. The van der Waals surface area contributed by atoms with Gasteiger partial charge in [0.1, 0.15) is 11.2 Å². The number of thioether (sulfide) groups is 1. The molecule has 0 aliphatic carbocycles. The highest BCUT2D eigenvalue weighted by molar-refractivity contribution is 7.99. The van der Waals surface area contributed by atoms with Gasteiger partial charge < -0.3 is 5.32 Å². The van der Waals surface area contributed by atoms with E-state index in [9.17, 15) is 19.7 Å². The van der Waals surface area contributed by atoms with Crippen LogP contribution in [0.3, 0.4) is 0 Å². The molecule has 4 atom stereocenters. The molecule has 2 fully saturated rings. The number of carbonyl (C=O) groups excluding carboxylic acids is 2. The topological polar surface area (TPSA) is 105 Å². The van der Waals surface area contributed by atoms with Crippen molar-refractivity contribution >= 4 is 34.8 Å². The number of non-ortho nitro benzene ring substituents is 1. The number of nitrogens with zero attached hydrogens (tertiary/aromatic N) is 3. The number of Topliss-reactive ketones (excluding diaryl/α,β-unsaturated/α-hetero) is 1. The van der Waals surface area contributed by atoms with E-state index in [0.29, 0.717) is 11.6 Å². The molecule has 2 saturated heterocycles. The highest BCUT2D eigenvalue weighted by Gasteiger charge is 2.69. The van der Waals surface area contributed by atoms with Gasteiger partial charge in [-0.25, -0.2) is 0 Å². The zero-order valence-corrected chi connectivity index (χ0v) is 19.7. The van der Waals surface area contributed by atoms with Crippen molar-refractivity contribution in [3.8, 4) is 0 Å². The quantitative estimate of drug-likeness (QED) is 0.336. The van der Waals surface area contributed by atoms with Gasteiger partial charge in [-0.15, -0.1) is 11.8 Å². The van der Waals surface area contributed by atoms with Crippen LogP contribution in [0.5, 0.6) is 0 Å². The van der Waals surface area contributed by atoms with Crippen LogP contribution in [0.4, 0.5) is 11.4 Å².